The van der Waals surface area contributed by atoms with Crippen molar-refractivity contribution in [2.75, 3.05) is 32.7 Å². The first-order chi connectivity index (χ1) is 17.0. The van der Waals surface area contributed by atoms with Gasteiger partial charge in [0.15, 0.2) is 0 Å². The van der Waals surface area contributed by atoms with Gasteiger partial charge in [0.05, 0.1) is 5.54 Å². The SMILES string of the molecule is C[C@@H]1N[C@@H](O)C2(CCN(CCc3ccccc3)CC2)N(C2CCN(Cc3ccccc3)CC2)[C@H]1O. The molecule has 0 saturated carbocycles. The third-order valence-electron chi connectivity index (χ3n) is 8.66. The molecular weight excluding hydrogens is 436 g/mol. The van der Waals surface area contributed by atoms with Gasteiger partial charge in [0.2, 0.25) is 0 Å². The van der Waals surface area contributed by atoms with E-state index in [0.717, 1.165) is 71.4 Å². The number of rotatable bonds is 6. The topological polar surface area (TPSA) is 62.2 Å². The van der Waals surface area contributed by atoms with Gasteiger partial charge in [-0.1, -0.05) is 60.7 Å². The zero-order valence-electron chi connectivity index (χ0n) is 21.1. The van der Waals surface area contributed by atoms with Crippen molar-refractivity contribution < 1.29 is 10.2 Å². The third kappa shape index (κ3) is 5.48. The van der Waals surface area contributed by atoms with Crippen molar-refractivity contribution in [2.24, 2.45) is 0 Å². The lowest BCUT2D eigenvalue weighted by molar-refractivity contribution is -0.214. The van der Waals surface area contributed by atoms with Crippen LogP contribution in [0.15, 0.2) is 60.7 Å². The highest BCUT2D eigenvalue weighted by Crippen LogP contribution is 2.40. The van der Waals surface area contributed by atoms with Gasteiger partial charge in [-0.05, 0) is 63.2 Å². The molecule has 5 rings (SSSR count). The molecule has 3 heterocycles. The summed E-state index contributed by atoms with van der Waals surface area (Å²) in [5.41, 5.74) is 2.33. The molecule has 0 amide bonds. The lowest BCUT2D eigenvalue weighted by Gasteiger charge is -2.60. The molecule has 2 aromatic carbocycles. The van der Waals surface area contributed by atoms with Crippen LogP contribution in [-0.4, -0.2) is 87.7 Å². The average Bonchev–Trinajstić information content (AvgIpc) is 2.89. The van der Waals surface area contributed by atoms with Gasteiger partial charge in [-0.15, -0.1) is 0 Å². The Hall–Kier alpha value is -1.80. The third-order valence-corrected chi connectivity index (χ3v) is 8.66. The van der Waals surface area contributed by atoms with Crippen LogP contribution in [0.1, 0.15) is 43.7 Å². The Morgan fingerprint density at radius 1 is 0.829 bits per heavy atom. The van der Waals surface area contributed by atoms with E-state index < -0.39 is 18.0 Å². The monoisotopic (exact) mass is 478 g/mol. The van der Waals surface area contributed by atoms with E-state index in [0.29, 0.717) is 6.04 Å². The molecule has 0 unspecified atom stereocenters. The summed E-state index contributed by atoms with van der Waals surface area (Å²) in [6.45, 7) is 7.98. The highest BCUT2D eigenvalue weighted by Gasteiger charge is 2.54. The second kappa shape index (κ2) is 11.1. The number of benzene rings is 2. The zero-order chi connectivity index (χ0) is 24.3. The van der Waals surface area contributed by atoms with E-state index in [1.54, 1.807) is 0 Å². The van der Waals surface area contributed by atoms with Crippen LogP contribution in [0.25, 0.3) is 0 Å². The first-order valence-electron chi connectivity index (χ1n) is 13.5. The summed E-state index contributed by atoms with van der Waals surface area (Å²) in [6, 6.07) is 21.5. The smallest absolute Gasteiger partial charge is 0.124 e. The van der Waals surface area contributed by atoms with Gasteiger partial charge in [0, 0.05) is 38.3 Å². The minimum Gasteiger partial charge on any atom is -0.377 e. The molecule has 3 fully saturated rings. The first-order valence-corrected chi connectivity index (χ1v) is 13.5. The second-order valence-corrected chi connectivity index (χ2v) is 10.9. The Kier molecular flexibility index (Phi) is 7.87. The zero-order valence-corrected chi connectivity index (χ0v) is 21.1. The fourth-order valence-electron chi connectivity index (χ4n) is 6.54. The van der Waals surface area contributed by atoms with Crippen molar-refractivity contribution in [3.63, 3.8) is 0 Å². The van der Waals surface area contributed by atoms with Crippen molar-refractivity contribution >= 4 is 0 Å². The van der Waals surface area contributed by atoms with Gasteiger partial charge in [-0.25, -0.2) is 0 Å². The van der Waals surface area contributed by atoms with E-state index in [4.69, 9.17) is 0 Å². The van der Waals surface area contributed by atoms with Crippen LogP contribution in [-0.2, 0) is 13.0 Å². The van der Waals surface area contributed by atoms with Crippen molar-refractivity contribution in [3.05, 3.63) is 71.8 Å². The largest absolute Gasteiger partial charge is 0.377 e. The predicted octanol–water partition coefficient (Wildman–Crippen LogP) is 2.66. The second-order valence-electron chi connectivity index (χ2n) is 10.9. The molecule has 0 aromatic heterocycles. The fraction of sp³-hybridized carbons (Fsp3) is 0.586. The van der Waals surface area contributed by atoms with Crippen LogP contribution in [0.5, 0.6) is 0 Å². The molecule has 3 saturated heterocycles. The summed E-state index contributed by atoms with van der Waals surface area (Å²) in [4.78, 5) is 7.39. The number of nitrogens with one attached hydrogen (secondary N) is 1. The van der Waals surface area contributed by atoms with Crippen molar-refractivity contribution in [3.8, 4) is 0 Å². The molecule has 0 aliphatic carbocycles. The summed E-state index contributed by atoms with van der Waals surface area (Å²) in [5, 5.41) is 26.0. The molecule has 190 valence electrons. The van der Waals surface area contributed by atoms with Crippen LogP contribution in [0.2, 0.25) is 0 Å². The van der Waals surface area contributed by atoms with Gasteiger partial charge in [0.1, 0.15) is 12.5 Å². The van der Waals surface area contributed by atoms with E-state index in [1.807, 2.05) is 6.92 Å². The summed E-state index contributed by atoms with van der Waals surface area (Å²) in [6.07, 6.45) is 3.69. The summed E-state index contributed by atoms with van der Waals surface area (Å²) < 4.78 is 0. The van der Waals surface area contributed by atoms with Crippen LogP contribution >= 0.6 is 0 Å². The summed E-state index contributed by atoms with van der Waals surface area (Å²) in [7, 11) is 0. The van der Waals surface area contributed by atoms with Crippen molar-refractivity contribution in [1.29, 1.82) is 0 Å². The van der Waals surface area contributed by atoms with Crippen molar-refractivity contribution in [1.82, 2.24) is 20.0 Å². The van der Waals surface area contributed by atoms with E-state index >= 15 is 0 Å². The Morgan fingerprint density at radius 3 is 2.06 bits per heavy atom. The highest BCUT2D eigenvalue weighted by molar-refractivity contribution is 5.16. The summed E-state index contributed by atoms with van der Waals surface area (Å²) >= 11 is 0. The minimum atomic E-state index is -0.612. The average molecular weight is 479 g/mol. The van der Waals surface area contributed by atoms with E-state index in [9.17, 15) is 10.2 Å². The Bertz CT molecular complexity index is 911. The van der Waals surface area contributed by atoms with Crippen molar-refractivity contribution in [2.45, 2.75) is 75.7 Å². The maximum atomic E-state index is 11.4. The van der Waals surface area contributed by atoms with Crippen LogP contribution in [0.3, 0.4) is 0 Å². The lowest BCUT2D eigenvalue weighted by atomic mass is 9.78. The number of piperazine rings is 1. The molecule has 3 aliphatic heterocycles. The number of likely N-dealkylation sites (tertiary alicyclic amines) is 2. The lowest BCUT2D eigenvalue weighted by Crippen LogP contribution is -2.77. The molecule has 0 bridgehead atoms. The number of hydrogen-bond donors (Lipinski definition) is 3. The van der Waals surface area contributed by atoms with Gasteiger partial charge >= 0.3 is 0 Å². The number of aliphatic hydroxyl groups is 2. The van der Waals surface area contributed by atoms with Gasteiger partial charge in [-0.3, -0.25) is 15.1 Å². The van der Waals surface area contributed by atoms with Gasteiger partial charge in [-0.2, -0.15) is 0 Å². The fourth-order valence-corrected chi connectivity index (χ4v) is 6.54. The maximum absolute atomic E-state index is 11.4. The van der Waals surface area contributed by atoms with Crippen LogP contribution in [0, 0.1) is 0 Å². The molecule has 3 aliphatic rings. The normalized spacial score (nSPS) is 28.9. The number of piperidine rings is 2. The van der Waals surface area contributed by atoms with Crippen LogP contribution < -0.4 is 5.32 Å². The standard InChI is InChI=1S/C29H42N4O2/c1-23-27(34)33(26-13-18-32(19-14-26)22-25-10-6-3-7-11-25)29(28(35)30-23)15-20-31(21-16-29)17-12-24-8-4-2-5-9-24/h2-11,23,26-28,30,34-35H,12-22H2,1H3/t23-,27-,28-/m0/s1. The maximum Gasteiger partial charge on any atom is 0.124 e. The first kappa shape index (κ1) is 24.9. The van der Waals surface area contributed by atoms with E-state index in [2.05, 4.69) is 80.7 Å². The highest BCUT2D eigenvalue weighted by atomic mass is 16.3. The molecule has 6 nitrogen and oxygen atoms in total. The van der Waals surface area contributed by atoms with Gasteiger partial charge < -0.3 is 15.1 Å². The molecule has 3 atom stereocenters. The van der Waals surface area contributed by atoms with Gasteiger partial charge in [0.25, 0.3) is 0 Å². The molecule has 0 radical (unpaired) electrons. The number of hydrogen-bond acceptors (Lipinski definition) is 6. The summed E-state index contributed by atoms with van der Waals surface area (Å²) in [5.74, 6) is 0. The molecule has 3 N–H and O–H groups in total. The Morgan fingerprint density at radius 2 is 1.43 bits per heavy atom. The van der Waals surface area contributed by atoms with Crippen LogP contribution in [0.4, 0.5) is 0 Å². The molecule has 35 heavy (non-hydrogen) atoms. The molecule has 1 spiro atoms. The van der Waals surface area contributed by atoms with E-state index in [1.165, 1.54) is 11.1 Å². The molecule has 2 aromatic rings. The predicted molar refractivity (Wildman–Crippen MR) is 140 cm³/mol. The minimum absolute atomic E-state index is 0.144. The number of nitrogens with zero attached hydrogens (tertiary/aromatic N) is 3. The Labute approximate surface area is 210 Å². The van der Waals surface area contributed by atoms with E-state index in [-0.39, 0.29) is 6.04 Å². The quantitative estimate of drug-likeness (QED) is 0.594. The Balaban J connectivity index is 1.23. The molecule has 6 heteroatoms. The molecular formula is C29H42N4O2. The number of aliphatic hydroxyl groups excluding tert-OH is 2.